The summed E-state index contributed by atoms with van der Waals surface area (Å²) in [6.45, 7) is 10.5. The molecule has 220 valence electrons. The number of rotatable bonds is 9. The summed E-state index contributed by atoms with van der Waals surface area (Å²) in [7, 11) is 0. The van der Waals surface area contributed by atoms with Crippen molar-refractivity contribution < 1.29 is 14.4 Å². The molecule has 1 amide bonds. The van der Waals surface area contributed by atoms with Crippen molar-refractivity contribution in [2.75, 3.05) is 12.4 Å². The maximum atomic E-state index is 12.5. The second kappa shape index (κ2) is 26.5. The van der Waals surface area contributed by atoms with E-state index in [0.29, 0.717) is 41.2 Å². The van der Waals surface area contributed by atoms with Crippen molar-refractivity contribution in [2.45, 2.75) is 72.3 Å². The van der Waals surface area contributed by atoms with E-state index in [2.05, 4.69) is 78.4 Å². The molecule has 1 heterocycles. The standard InChI is InChI=1S/C25H28BrN3O3.2C2H6.C2H2.CH3Br/c1-2-3-4-6-12-19(18-10-7-5-8-11-18)15-16-27-24(31)25-28-23(29-32-25)20-13-9-14-22(30)21(26)17-20;4*1-2/h2-8,10-11,13,17,19,22,30H,9,12,14-16H2,1H3,(H,27,31);2*1-2H3;1-2H;1H3/b3-2-,6-4-;;;;. The minimum atomic E-state index is -0.552. The molecule has 2 atom stereocenters. The van der Waals surface area contributed by atoms with Crippen LogP contribution in [-0.2, 0) is 0 Å². The number of allylic oxidation sites excluding steroid dienone is 7. The van der Waals surface area contributed by atoms with E-state index in [1.165, 1.54) is 5.56 Å². The van der Waals surface area contributed by atoms with Crippen molar-refractivity contribution in [2.24, 2.45) is 0 Å². The van der Waals surface area contributed by atoms with Crippen LogP contribution in [0.4, 0.5) is 0 Å². The van der Waals surface area contributed by atoms with Gasteiger partial charge in [0.2, 0.25) is 5.82 Å². The first-order chi connectivity index (χ1) is 19.6. The van der Waals surface area contributed by atoms with Crippen molar-refractivity contribution in [1.29, 1.82) is 0 Å². The highest BCUT2D eigenvalue weighted by Gasteiger charge is 2.20. The van der Waals surface area contributed by atoms with Gasteiger partial charge >= 0.3 is 11.8 Å². The number of hydrogen-bond donors (Lipinski definition) is 2. The van der Waals surface area contributed by atoms with Gasteiger partial charge in [-0.25, -0.2) is 0 Å². The fourth-order valence-electron chi connectivity index (χ4n) is 3.44. The molecule has 0 saturated heterocycles. The van der Waals surface area contributed by atoms with Crippen molar-refractivity contribution in [3.05, 3.63) is 88.5 Å². The molecule has 1 aliphatic carbocycles. The van der Waals surface area contributed by atoms with Gasteiger partial charge in [0.05, 0.1) is 6.10 Å². The number of carbonyl (C=O) groups is 1. The van der Waals surface area contributed by atoms with Crippen LogP contribution in [-0.4, -0.2) is 39.6 Å². The van der Waals surface area contributed by atoms with Gasteiger partial charge in [-0.3, -0.25) is 4.79 Å². The summed E-state index contributed by atoms with van der Waals surface area (Å²) in [4.78, 5) is 16.8. The number of carbonyl (C=O) groups excluding carboxylic acids is 1. The zero-order chi connectivity index (χ0) is 30.8. The average molecular weight is 680 g/mol. The molecule has 2 aromatic rings. The molecular weight excluding hydrogens is 634 g/mol. The highest BCUT2D eigenvalue weighted by atomic mass is 79.9. The summed E-state index contributed by atoms with van der Waals surface area (Å²) in [6, 6.07) is 10.3. The highest BCUT2D eigenvalue weighted by molar-refractivity contribution is 9.11. The molecule has 2 unspecified atom stereocenters. The molecule has 0 aliphatic heterocycles. The Morgan fingerprint density at radius 3 is 2.45 bits per heavy atom. The average Bonchev–Trinajstić information content (AvgIpc) is 3.46. The third kappa shape index (κ3) is 15.2. The molecule has 40 heavy (non-hydrogen) atoms. The quantitative estimate of drug-likeness (QED) is 0.158. The Hall–Kier alpha value is -2.73. The van der Waals surface area contributed by atoms with Gasteiger partial charge < -0.3 is 14.9 Å². The lowest BCUT2D eigenvalue weighted by atomic mass is 9.92. The van der Waals surface area contributed by atoms with Gasteiger partial charge in [0, 0.05) is 16.6 Å². The fourth-order valence-corrected chi connectivity index (χ4v) is 3.92. The van der Waals surface area contributed by atoms with Gasteiger partial charge in [-0.1, -0.05) is 125 Å². The van der Waals surface area contributed by atoms with Crippen LogP contribution < -0.4 is 5.32 Å². The van der Waals surface area contributed by atoms with Crippen molar-refractivity contribution >= 4 is 43.3 Å². The summed E-state index contributed by atoms with van der Waals surface area (Å²) in [5.41, 5.74) is 1.96. The smallest absolute Gasteiger partial charge is 0.316 e. The van der Waals surface area contributed by atoms with E-state index >= 15 is 0 Å². The number of nitrogens with zero attached hydrogens (tertiary/aromatic N) is 2. The molecule has 6 nitrogen and oxygen atoms in total. The molecule has 0 fully saturated rings. The summed E-state index contributed by atoms with van der Waals surface area (Å²) in [6.07, 6.45) is 22.3. The molecule has 3 rings (SSSR count). The van der Waals surface area contributed by atoms with Gasteiger partial charge in [-0.15, -0.1) is 12.8 Å². The van der Waals surface area contributed by atoms with Crippen LogP contribution in [0.3, 0.4) is 0 Å². The number of aromatic nitrogens is 2. The minimum absolute atomic E-state index is 0.0699. The van der Waals surface area contributed by atoms with E-state index in [1.807, 2.05) is 83.0 Å². The lowest BCUT2D eigenvalue weighted by Crippen LogP contribution is -2.26. The maximum Gasteiger partial charge on any atom is 0.316 e. The topological polar surface area (TPSA) is 88.2 Å². The Balaban J connectivity index is 0. The normalized spacial score (nSPS) is 14.7. The SMILES string of the molecule is C#C.C/C=C\C=C/CC(CCNC(=O)c1nc(C2=CCCC(O)C(Br)=C2)no1)c1ccccc1.CBr.CC.CC. The number of nitrogens with one attached hydrogen (secondary N) is 1. The third-order valence-corrected chi connectivity index (χ3v) is 5.96. The largest absolute Gasteiger partial charge is 0.388 e. The maximum absolute atomic E-state index is 12.5. The molecule has 8 heteroatoms. The predicted molar refractivity (Wildman–Crippen MR) is 177 cm³/mol. The van der Waals surface area contributed by atoms with Crippen molar-refractivity contribution in [3.63, 3.8) is 0 Å². The van der Waals surface area contributed by atoms with Crippen LogP contribution >= 0.6 is 31.9 Å². The van der Waals surface area contributed by atoms with E-state index in [9.17, 15) is 9.90 Å². The number of terminal acetylenes is 1. The van der Waals surface area contributed by atoms with Crippen LogP contribution in [0.2, 0.25) is 0 Å². The summed E-state index contributed by atoms with van der Waals surface area (Å²) >= 11 is 6.30. The summed E-state index contributed by atoms with van der Waals surface area (Å²) in [5.74, 6) is 1.98. The summed E-state index contributed by atoms with van der Waals surface area (Å²) in [5, 5.41) is 16.8. The number of amides is 1. The lowest BCUT2D eigenvalue weighted by molar-refractivity contribution is 0.0908. The zero-order valence-corrected chi connectivity index (χ0v) is 27.8. The van der Waals surface area contributed by atoms with Crippen LogP contribution in [0, 0.1) is 12.8 Å². The van der Waals surface area contributed by atoms with E-state index in [1.54, 1.807) is 6.08 Å². The Bertz CT molecular complexity index is 1060. The van der Waals surface area contributed by atoms with Crippen LogP contribution in [0.15, 0.2) is 75.8 Å². The first-order valence-electron chi connectivity index (χ1n) is 13.5. The molecule has 0 bridgehead atoms. The van der Waals surface area contributed by atoms with Gasteiger partial charge in [0.15, 0.2) is 0 Å². The van der Waals surface area contributed by atoms with Gasteiger partial charge in [-0.2, -0.15) is 4.98 Å². The molecule has 2 N–H and O–H groups in total. The third-order valence-electron chi connectivity index (χ3n) is 5.20. The Morgan fingerprint density at radius 2 is 1.82 bits per heavy atom. The monoisotopic (exact) mass is 677 g/mol. The first kappa shape index (κ1) is 39.4. The number of alkyl halides is 1. The zero-order valence-electron chi connectivity index (χ0n) is 24.6. The lowest BCUT2D eigenvalue weighted by Gasteiger charge is -2.15. The van der Waals surface area contributed by atoms with Gasteiger partial charge in [0.25, 0.3) is 0 Å². The molecule has 0 radical (unpaired) electrons. The highest BCUT2D eigenvalue weighted by Crippen LogP contribution is 2.27. The molecule has 1 aromatic heterocycles. The molecule has 0 spiro atoms. The molecular formula is C32H45Br2N3O3. The van der Waals surface area contributed by atoms with Crippen molar-refractivity contribution in [3.8, 4) is 12.8 Å². The van der Waals surface area contributed by atoms with Crippen molar-refractivity contribution in [1.82, 2.24) is 15.5 Å². The van der Waals surface area contributed by atoms with E-state index < -0.39 is 12.0 Å². The number of halogens is 2. The van der Waals surface area contributed by atoms with E-state index in [-0.39, 0.29) is 5.89 Å². The number of hydrogen-bond acceptors (Lipinski definition) is 5. The second-order valence-electron chi connectivity index (χ2n) is 7.55. The minimum Gasteiger partial charge on any atom is -0.388 e. The first-order valence-corrected chi connectivity index (χ1v) is 15.9. The Morgan fingerprint density at radius 1 is 1.18 bits per heavy atom. The molecule has 0 saturated carbocycles. The Kier molecular flexibility index (Phi) is 26.1. The van der Waals surface area contributed by atoms with Gasteiger partial charge in [0.1, 0.15) is 0 Å². The van der Waals surface area contributed by atoms with Crippen LogP contribution in [0.1, 0.15) is 88.3 Å². The predicted octanol–water partition coefficient (Wildman–Crippen LogP) is 8.63. The van der Waals surface area contributed by atoms with Crippen LogP contribution in [0.5, 0.6) is 0 Å². The molecule has 1 aromatic carbocycles. The van der Waals surface area contributed by atoms with E-state index in [4.69, 9.17) is 4.52 Å². The molecule has 1 aliphatic rings. The van der Waals surface area contributed by atoms with Crippen LogP contribution in [0.25, 0.3) is 5.57 Å². The number of aliphatic hydroxyl groups is 1. The number of aliphatic hydroxyl groups excluding tert-OH is 1. The van der Waals surface area contributed by atoms with Gasteiger partial charge in [-0.05, 0) is 56.0 Å². The second-order valence-corrected chi connectivity index (χ2v) is 8.46. The Labute approximate surface area is 258 Å². The number of benzene rings is 1. The van der Waals surface area contributed by atoms with E-state index in [0.717, 1.165) is 12.8 Å². The summed E-state index contributed by atoms with van der Waals surface area (Å²) < 4.78 is 5.84. The fraction of sp³-hybridized carbons (Fsp3) is 0.406.